The Morgan fingerprint density at radius 1 is 1.40 bits per heavy atom. The van der Waals surface area contributed by atoms with Crippen molar-refractivity contribution in [3.8, 4) is 0 Å². The van der Waals surface area contributed by atoms with E-state index < -0.39 is 0 Å². The predicted molar refractivity (Wildman–Crippen MR) is 75.2 cm³/mol. The van der Waals surface area contributed by atoms with Crippen LogP contribution in [-0.4, -0.2) is 21.6 Å². The molecule has 108 valence electrons. The largest absolute Gasteiger partial charge is 0.464 e. The molecular weight excluding hydrogens is 256 g/mol. The van der Waals surface area contributed by atoms with E-state index in [4.69, 9.17) is 4.42 Å². The number of hydrogen-bond donors (Lipinski definition) is 2. The molecule has 0 bridgehead atoms. The summed E-state index contributed by atoms with van der Waals surface area (Å²) in [6.07, 6.45) is 5.31. The Labute approximate surface area is 118 Å². The molecule has 0 aliphatic heterocycles. The van der Waals surface area contributed by atoms with Crippen molar-refractivity contribution in [1.82, 2.24) is 20.2 Å². The zero-order valence-electron chi connectivity index (χ0n) is 12.0. The molecule has 0 saturated heterocycles. The number of imidazole rings is 1. The molecule has 0 saturated carbocycles. The molecule has 6 nitrogen and oxygen atoms in total. The molecule has 2 rings (SSSR count). The Balaban J connectivity index is 1.80. The summed E-state index contributed by atoms with van der Waals surface area (Å²) in [7, 11) is 0. The van der Waals surface area contributed by atoms with E-state index in [1.165, 1.54) is 0 Å². The van der Waals surface area contributed by atoms with Gasteiger partial charge in [-0.05, 0) is 32.9 Å². The third-order valence-electron chi connectivity index (χ3n) is 2.96. The van der Waals surface area contributed by atoms with Crippen molar-refractivity contribution in [3.63, 3.8) is 0 Å². The van der Waals surface area contributed by atoms with Crippen LogP contribution in [0.1, 0.15) is 31.4 Å². The van der Waals surface area contributed by atoms with Crippen LogP contribution in [0.2, 0.25) is 0 Å². The van der Waals surface area contributed by atoms with Gasteiger partial charge in [0.05, 0.1) is 12.4 Å². The van der Waals surface area contributed by atoms with Crippen LogP contribution < -0.4 is 10.6 Å². The van der Waals surface area contributed by atoms with Crippen LogP contribution in [0.25, 0.3) is 0 Å². The summed E-state index contributed by atoms with van der Waals surface area (Å²) < 4.78 is 7.40. The van der Waals surface area contributed by atoms with Gasteiger partial charge in [0.1, 0.15) is 11.5 Å². The lowest BCUT2D eigenvalue weighted by molar-refractivity contribution is 0.231. The second-order valence-electron chi connectivity index (χ2n) is 4.95. The molecule has 2 atom stereocenters. The summed E-state index contributed by atoms with van der Waals surface area (Å²) in [6, 6.07) is 3.39. The number of furan rings is 1. The lowest BCUT2D eigenvalue weighted by Crippen LogP contribution is -2.43. The topological polar surface area (TPSA) is 72.1 Å². The minimum Gasteiger partial charge on any atom is -0.464 e. The zero-order valence-corrected chi connectivity index (χ0v) is 12.0. The number of aromatic nitrogens is 2. The molecule has 2 aromatic heterocycles. The van der Waals surface area contributed by atoms with Crippen LogP contribution in [0.15, 0.2) is 35.3 Å². The summed E-state index contributed by atoms with van der Waals surface area (Å²) >= 11 is 0. The van der Waals surface area contributed by atoms with Gasteiger partial charge in [0.2, 0.25) is 0 Å². The average Bonchev–Trinajstić information content (AvgIpc) is 3.00. The van der Waals surface area contributed by atoms with E-state index in [1.807, 2.05) is 43.7 Å². The Morgan fingerprint density at radius 3 is 2.80 bits per heavy atom. The number of urea groups is 1. The number of hydrogen-bond acceptors (Lipinski definition) is 3. The Morgan fingerprint density at radius 2 is 2.20 bits per heavy atom. The molecule has 0 aromatic carbocycles. The first-order chi connectivity index (χ1) is 9.54. The van der Waals surface area contributed by atoms with E-state index >= 15 is 0 Å². The van der Waals surface area contributed by atoms with Gasteiger partial charge in [0, 0.05) is 25.0 Å². The molecule has 2 aromatic rings. The van der Waals surface area contributed by atoms with Gasteiger partial charge >= 0.3 is 6.03 Å². The van der Waals surface area contributed by atoms with Crippen molar-refractivity contribution < 1.29 is 9.21 Å². The van der Waals surface area contributed by atoms with Crippen LogP contribution in [0.5, 0.6) is 0 Å². The van der Waals surface area contributed by atoms with Gasteiger partial charge in [0.25, 0.3) is 0 Å². The molecule has 2 heterocycles. The van der Waals surface area contributed by atoms with E-state index in [0.29, 0.717) is 6.54 Å². The first kappa shape index (κ1) is 14.2. The van der Waals surface area contributed by atoms with E-state index in [1.54, 1.807) is 12.5 Å². The Kier molecular flexibility index (Phi) is 4.45. The molecule has 20 heavy (non-hydrogen) atoms. The fourth-order valence-electron chi connectivity index (χ4n) is 1.98. The maximum atomic E-state index is 11.9. The van der Waals surface area contributed by atoms with E-state index in [0.717, 1.165) is 11.5 Å². The molecule has 0 unspecified atom stereocenters. The van der Waals surface area contributed by atoms with Crippen LogP contribution in [0, 0.1) is 6.92 Å². The summed E-state index contributed by atoms with van der Waals surface area (Å²) in [6.45, 7) is 6.39. The first-order valence-electron chi connectivity index (χ1n) is 6.63. The number of aryl methyl sites for hydroxylation is 1. The first-order valence-corrected chi connectivity index (χ1v) is 6.63. The maximum Gasteiger partial charge on any atom is 0.315 e. The molecule has 0 radical (unpaired) electrons. The van der Waals surface area contributed by atoms with E-state index in [-0.39, 0.29) is 18.1 Å². The minimum atomic E-state index is -0.209. The predicted octanol–water partition coefficient (Wildman–Crippen LogP) is 2.23. The fraction of sp³-hybridized carbons (Fsp3) is 0.429. The highest BCUT2D eigenvalue weighted by Gasteiger charge is 2.14. The molecule has 0 aliphatic rings. The number of nitrogens with one attached hydrogen (secondary N) is 2. The van der Waals surface area contributed by atoms with Crippen LogP contribution in [0.4, 0.5) is 4.79 Å². The molecule has 6 heteroatoms. The molecule has 0 fully saturated rings. The van der Waals surface area contributed by atoms with Gasteiger partial charge in [-0.15, -0.1) is 0 Å². The highest BCUT2D eigenvalue weighted by molar-refractivity contribution is 5.74. The van der Waals surface area contributed by atoms with Crippen LogP contribution >= 0.6 is 0 Å². The summed E-state index contributed by atoms with van der Waals surface area (Å²) in [5.41, 5.74) is 0. The molecular formula is C14H20N4O2. The van der Waals surface area contributed by atoms with Crippen LogP contribution in [0.3, 0.4) is 0 Å². The monoisotopic (exact) mass is 276 g/mol. The van der Waals surface area contributed by atoms with Gasteiger partial charge in [-0.2, -0.15) is 0 Å². The highest BCUT2D eigenvalue weighted by Crippen LogP contribution is 2.15. The smallest absolute Gasteiger partial charge is 0.315 e. The van der Waals surface area contributed by atoms with Gasteiger partial charge in [-0.3, -0.25) is 0 Å². The molecule has 0 spiro atoms. The summed E-state index contributed by atoms with van der Waals surface area (Å²) in [4.78, 5) is 15.9. The van der Waals surface area contributed by atoms with E-state index in [2.05, 4.69) is 15.6 Å². The fourth-order valence-corrected chi connectivity index (χ4v) is 1.98. The Hall–Kier alpha value is -2.24. The Bertz CT molecular complexity index is 547. The maximum absolute atomic E-state index is 11.9. The van der Waals surface area contributed by atoms with Crippen molar-refractivity contribution in [2.24, 2.45) is 0 Å². The van der Waals surface area contributed by atoms with Crippen molar-refractivity contribution >= 4 is 6.03 Å². The van der Waals surface area contributed by atoms with Gasteiger partial charge < -0.3 is 19.6 Å². The van der Waals surface area contributed by atoms with Crippen molar-refractivity contribution in [2.45, 2.75) is 39.4 Å². The number of carbonyl (C=O) groups is 1. The van der Waals surface area contributed by atoms with Gasteiger partial charge in [-0.1, -0.05) is 0 Å². The van der Waals surface area contributed by atoms with Crippen molar-refractivity contribution in [1.29, 1.82) is 0 Å². The van der Waals surface area contributed by atoms with E-state index in [9.17, 15) is 4.79 Å². The van der Waals surface area contributed by atoms with Crippen molar-refractivity contribution in [2.75, 3.05) is 0 Å². The molecule has 2 amide bonds. The average molecular weight is 276 g/mol. The number of carbonyl (C=O) groups excluding carboxylic acids is 1. The lowest BCUT2D eigenvalue weighted by Gasteiger charge is -2.17. The SMILES string of the molecule is Cc1ccc([C@H](C)NC(=O)N[C@@H](C)Cn2ccnc2)o1. The highest BCUT2D eigenvalue weighted by atomic mass is 16.3. The summed E-state index contributed by atoms with van der Waals surface area (Å²) in [5, 5.41) is 5.74. The zero-order chi connectivity index (χ0) is 14.5. The summed E-state index contributed by atoms with van der Waals surface area (Å²) in [5.74, 6) is 1.59. The van der Waals surface area contributed by atoms with Gasteiger partial charge in [-0.25, -0.2) is 9.78 Å². The second kappa shape index (κ2) is 6.27. The standard InChI is InChI=1S/C14H20N4O2/c1-10(8-18-7-6-15-9-18)16-14(19)17-12(3)13-5-4-11(2)20-13/h4-7,9-10,12H,8H2,1-3H3,(H2,16,17,19)/t10-,12-/m0/s1. The molecule has 2 N–H and O–H groups in total. The number of nitrogens with zero attached hydrogens (tertiary/aromatic N) is 2. The second-order valence-corrected chi connectivity index (χ2v) is 4.95. The number of rotatable bonds is 5. The lowest BCUT2D eigenvalue weighted by atomic mass is 10.2. The van der Waals surface area contributed by atoms with Gasteiger partial charge in [0.15, 0.2) is 0 Å². The molecule has 0 aliphatic carbocycles. The third kappa shape index (κ3) is 3.88. The third-order valence-corrected chi connectivity index (χ3v) is 2.96. The number of amides is 2. The minimum absolute atomic E-state index is 0.00902. The quantitative estimate of drug-likeness (QED) is 0.879. The van der Waals surface area contributed by atoms with Crippen molar-refractivity contribution in [3.05, 3.63) is 42.4 Å². The normalized spacial score (nSPS) is 13.8. The van der Waals surface area contributed by atoms with Crippen LogP contribution in [-0.2, 0) is 6.54 Å².